The van der Waals surface area contributed by atoms with Gasteiger partial charge in [-0.15, -0.1) is 0 Å². The van der Waals surface area contributed by atoms with Gasteiger partial charge in [-0.2, -0.15) is 0 Å². The van der Waals surface area contributed by atoms with Crippen LogP contribution < -0.4 is 5.32 Å². The number of nitrogens with zero attached hydrogens (tertiary/aromatic N) is 1. The molecule has 2 aromatic rings. The maximum Gasteiger partial charge on any atom is 0.250 e. The Morgan fingerprint density at radius 3 is 2.70 bits per heavy atom. The summed E-state index contributed by atoms with van der Waals surface area (Å²) in [5.41, 5.74) is 1.73. The zero-order chi connectivity index (χ0) is 14.2. The average Bonchev–Trinajstić information content (AvgIpc) is 2.98. The van der Waals surface area contributed by atoms with Crippen LogP contribution in [0, 0.1) is 0 Å². The first-order chi connectivity index (χ1) is 9.81. The molecule has 0 bridgehead atoms. The zero-order valence-electron chi connectivity index (χ0n) is 11.7. The molecule has 1 aromatic carbocycles. The van der Waals surface area contributed by atoms with Gasteiger partial charge in [-0.25, -0.2) is 0 Å². The van der Waals surface area contributed by atoms with Crippen LogP contribution in [-0.2, 0) is 9.53 Å². The van der Waals surface area contributed by atoms with Gasteiger partial charge in [0.05, 0.1) is 11.4 Å². The third kappa shape index (κ3) is 3.96. The molecule has 0 aliphatic heterocycles. The highest BCUT2D eigenvalue weighted by molar-refractivity contribution is 5.93. The van der Waals surface area contributed by atoms with E-state index in [0.29, 0.717) is 6.61 Å². The number of para-hydroxylation sites is 2. The van der Waals surface area contributed by atoms with Crippen molar-refractivity contribution in [3.8, 4) is 5.69 Å². The molecule has 0 fully saturated rings. The second-order valence-electron chi connectivity index (χ2n) is 4.56. The summed E-state index contributed by atoms with van der Waals surface area (Å²) >= 11 is 0. The molecule has 0 aliphatic carbocycles. The van der Waals surface area contributed by atoms with Gasteiger partial charge < -0.3 is 14.6 Å². The van der Waals surface area contributed by atoms with Crippen molar-refractivity contribution in [2.45, 2.75) is 19.8 Å². The van der Waals surface area contributed by atoms with Crippen LogP contribution in [0.5, 0.6) is 0 Å². The Morgan fingerprint density at radius 1 is 1.20 bits per heavy atom. The molecule has 4 nitrogen and oxygen atoms in total. The van der Waals surface area contributed by atoms with E-state index in [1.807, 2.05) is 53.4 Å². The van der Waals surface area contributed by atoms with Crippen molar-refractivity contribution in [3.63, 3.8) is 0 Å². The van der Waals surface area contributed by atoms with Gasteiger partial charge in [-0.3, -0.25) is 4.79 Å². The number of anilines is 1. The smallest absolute Gasteiger partial charge is 0.250 e. The Hall–Kier alpha value is -2.07. The molecule has 0 aliphatic rings. The number of hydrogen-bond donors (Lipinski definition) is 1. The van der Waals surface area contributed by atoms with Gasteiger partial charge >= 0.3 is 0 Å². The zero-order valence-corrected chi connectivity index (χ0v) is 11.7. The first-order valence-electron chi connectivity index (χ1n) is 6.91. The van der Waals surface area contributed by atoms with Gasteiger partial charge in [-0.05, 0) is 30.7 Å². The molecule has 1 aromatic heterocycles. The lowest BCUT2D eigenvalue weighted by atomic mass is 10.2. The SMILES string of the molecule is CCCCOCC(=O)Nc1ccccc1-n1cccc1. The van der Waals surface area contributed by atoms with Crippen LogP contribution in [0.4, 0.5) is 5.69 Å². The van der Waals surface area contributed by atoms with Crippen molar-refractivity contribution in [2.75, 3.05) is 18.5 Å². The summed E-state index contributed by atoms with van der Waals surface area (Å²) in [6.07, 6.45) is 5.94. The molecule has 0 radical (unpaired) electrons. The molecule has 0 saturated heterocycles. The molecule has 0 unspecified atom stereocenters. The van der Waals surface area contributed by atoms with Crippen molar-refractivity contribution in [1.29, 1.82) is 0 Å². The summed E-state index contributed by atoms with van der Waals surface area (Å²) in [5, 5.41) is 2.89. The summed E-state index contributed by atoms with van der Waals surface area (Å²) in [4.78, 5) is 11.9. The Bertz CT molecular complexity index is 535. The maximum atomic E-state index is 11.9. The molecule has 4 heteroatoms. The van der Waals surface area contributed by atoms with Gasteiger partial charge in [0.25, 0.3) is 0 Å². The quantitative estimate of drug-likeness (QED) is 0.786. The Labute approximate surface area is 119 Å². The monoisotopic (exact) mass is 272 g/mol. The van der Waals surface area contributed by atoms with E-state index in [1.54, 1.807) is 0 Å². The van der Waals surface area contributed by atoms with E-state index in [1.165, 1.54) is 0 Å². The topological polar surface area (TPSA) is 43.3 Å². The van der Waals surface area contributed by atoms with Gasteiger partial charge in [0.15, 0.2) is 0 Å². The molecule has 1 N–H and O–H groups in total. The van der Waals surface area contributed by atoms with Gasteiger partial charge in [0.2, 0.25) is 5.91 Å². The average molecular weight is 272 g/mol. The Morgan fingerprint density at radius 2 is 1.95 bits per heavy atom. The molecule has 0 atom stereocenters. The molecule has 1 heterocycles. The van der Waals surface area contributed by atoms with E-state index in [0.717, 1.165) is 24.2 Å². The Kier molecular flexibility index (Phi) is 5.38. The first-order valence-corrected chi connectivity index (χ1v) is 6.91. The maximum absolute atomic E-state index is 11.9. The third-order valence-corrected chi connectivity index (χ3v) is 2.94. The number of carbonyl (C=O) groups is 1. The molecular weight excluding hydrogens is 252 g/mol. The van der Waals surface area contributed by atoms with Crippen LogP contribution in [0.1, 0.15) is 19.8 Å². The number of carbonyl (C=O) groups excluding carboxylic acids is 1. The molecule has 1 amide bonds. The largest absolute Gasteiger partial charge is 0.372 e. The number of hydrogen-bond acceptors (Lipinski definition) is 2. The Balaban J connectivity index is 1.97. The van der Waals surface area contributed by atoms with E-state index in [4.69, 9.17) is 4.74 Å². The van der Waals surface area contributed by atoms with Crippen LogP contribution in [-0.4, -0.2) is 23.7 Å². The molecular formula is C16H20N2O2. The lowest BCUT2D eigenvalue weighted by Gasteiger charge is -2.12. The van der Waals surface area contributed by atoms with Gasteiger partial charge in [0.1, 0.15) is 6.61 Å². The van der Waals surface area contributed by atoms with Crippen LogP contribution in [0.25, 0.3) is 5.69 Å². The lowest BCUT2D eigenvalue weighted by molar-refractivity contribution is -0.120. The van der Waals surface area contributed by atoms with Crippen LogP contribution in [0.3, 0.4) is 0 Å². The van der Waals surface area contributed by atoms with Gasteiger partial charge in [-0.1, -0.05) is 25.5 Å². The number of benzene rings is 1. The molecule has 20 heavy (non-hydrogen) atoms. The van der Waals surface area contributed by atoms with Crippen LogP contribution >= 0.6 is 0 Å². The molecule has 0 spiro atoms. The molecule has 106 valence electrons. The summed E-state index contributed by atoms with van der Waals surface area (Å²) in [7, 11) is 0. The highest BCUT2D eigenvalue weighted by Crippen LogP contribution is 2.19. The molecule has 2 rings (SSSR count). The summed E-state index contributed by atoms with van der Waals surface area (Å²) < 4.78 is 7.29. The van der Waals surface area contributed by atoms with E-state index >= 15 is 0 Å². The van der Waals surface area contributed by atoms with E-state index in [9.17, 15) is 4.79 Å². The van der Waals surface area contributed by atoms with E-state index < -0.39 is 0 Å². The number of aromatic nitrogens is 1. The van der Waals surface area contributed by atoms with E-state index in [2.05, 4.69) is 12.2 Å². The second kappa shape index (κ2) is 7.50. The van der Waals surface area contributed by atoms with Crippen molar-refractivity contribution in [2.24, 2.45) is 0 Å². The number of amides is 1. The number of nitrogens with one attached hydrogen (secondary N) is 1. The lowest BCUT2D eigenvalue weighted by Crippen LogP contribution is -2.19. The number of ether oxygens (including phenoxy) is 1. The third-order valence-electron chi connectivity index (χ3n) is 2.94. The fourth-order valence-corrected chi connectivity index (χ4v) is 1.90. The summed E-state index contributed by atoms with van der Waals surface area (Å²) in [6.45, 7) is 2.82. The highest BCUT2D eigenvalue weighted by atomic mass is 16.5. The van der Waals surface area contributed by atoms with E-state index in [-0.39, 0.29) is 12.5 Å². The van der Waals surface area contributed by atoms with Crippen LogP contribution in [0.2, 0.25) is 0 Å². The second-order valence-corrected chi connectivity index (χ2v) is 4.56. The number of rotatable bonds is 7. The minimum absolute atomic E-state index is 0.0972. The minimum Gasteiger partial charge on any atom is -0.372 e. The summed E-state index contributed by atoms with van der Waals surface area (Å²) in [6, 6.07) is 11.6. The molecule has 0 saturated carbocycles. The first kappa shape index (κ1) is 14.3. The predicted octanol–water partition coefficient (Wildman–Crippen LogP) is 3.23. The number of unbranched alkanes of at least 4 members (excludes halogenated alkanes) is 1. The standard InChI is InChI=1S/C16H20N2O2/c1-2-3-12-20-13-16(19)17-14-8-4-5-9-15(14)18-10-6-7-11-18/h4-11H,2-3,12-13H2,1H3,(H,17,19). The highest BCUT2D eigenvalue weighted by Gasteiger charge is 2.07. The summed E-state index contributed by atoms with van der Waals surface area (Å²) in [5.74, 6) is -0.124. The van der Waals surface area contributed by atoms with Gasteiger partial charge in [0, 0.05) is 19.0 Å². The van der Waals surface area contributed by atoms with Crippen molar-refractivity contribution < 1.29 is 9.53 Å². The normalized spacial score (nSPS) is 10.4. The minimum atomic E-state index is -0.124. The van der Waals surface area contributed by atoms with Crippen molar-refractivity contribution in [1.82, 2.24) is 4.57 Å². The van der Waals surface area contributed by atoms with Crippen molar-refractivity contribution in [3.05, 3.63) is 48.8 Å². The van der Waals surface area contributed by atoms with Crippen LogP contribution in [0.15, 0.2) is 48.8 Å². The van der Waals surface area contributed by atoms with Crippen molar-refractivity contribution >= 4 is 11.6 Å². The fourth-order valence-electron chi connectivity index (χ4n) is 1.90. The fraction of sp³-hybridized carbons (Fsp3) is 0.312. The predicted molar refractivity (Wildman–Crippen MR) is 80.1 cm³/mol.